The molecule has 0 spiro atoms. The van der Waals surface area contributed by atoms with E-state index in [9.17, 15) is 9.59 Å². The van der Waals surface area contributed by atoms with Crippen molar-refractivity contribution in [3.05, 3.63) is 29.6 Å². The highest BCUT2D eigenvalue weighted by atomic mass is 32.1. The number of thiol groups is 1. The zero-order valence-corrected chi connectivity index (χ0v) is 9.57. The summed E-state index contributed by atoms with van der Waals surface area (Å²) < 4.78 is 0. The minimum absolute atomic E-state index is 0.0346. The molecule has 1 unspecified atom stereocenters. The van der Waals surface area contributed by atoms with E-state index in [0.717, 1.165) is 0 Å². The van der Waals surface area contributed by atoms with Crippen molar-refractivity contribution in [2.75, 3.05) is 5.75 Å². The summed E-state index contributed by atoms with van der Waals surface area (Å²) in [5.74, 6) is -1.59. The largest absolute Gasteiger partial charge is 0.480 e. The Kier molecular flexibility index (Phi) is 4.30. The molecule has 1 aromatic rings. The van der Waals surface area contributed by atoms with Crippen LogP contribution >= 0.6 is 12.6 Å². The van der Waals surface area contributed by atoms with Crippen LogP contribution in [0.3, 0.4) is 0 Å². The molecule has 1 amide bonds. The molecule has 0 aliphatic carbocycles. The molecule has 86 valence electrons. The van der Waals surface area contributed by atoms with Crippen molar-refractivity contribution in [1.82, 2.24) is 10.3 Å². The van der Waals surface area contributed by atoms with Gasteiger partial charge in [-0.2, -0.15) is 12.6 Å². The van der Waals surface area contributed by atoms with Crippen molar-refractivity contribution in [2.24, 2.45) is 0 Å². The highest BCUT2D eigenvalue weighted by Crippen LogP contribution is 1.99. The number of carboxylic acids is 1. The van der Waals surface area contributed by atoms with E-state index >= 15 is 0 Å². The van der Waals surface area contributed by atoms with E-state index in [1.165, 1.54) is 6.07 Å². The Bertz CT molecular complexity index is 409. The third kappa shape index (κ3) is 3.23. The normalized spacial score (nSPS) is 11.9. The zero-order chi connectivity index (χ0) is 12.1. The van der Waals surface area contributed by atoms with Gasteiger partial charge in [0, 0.05) is 11.4 Å². The van der Waals surface area contributed by atoms with E-state index in [1.54, 1.807) is 19.1 Å². The van der Waals surface area contributed by atoms with Crippen molar-refractivity contribution in [3.63, 3.8) is 0 Å². The Morgan fingerprint density at radius 2 is 2.25 bits per heavy atom. The fraction of sp³-hybridized carbons (Fsp3) is 0.300. The Balaban J connectivity index is 2.75. The van der Waals surface area contributed by atoms with Gasteiger partial charge in [-0.15, -0.1) is 0 Å². The second-order valence-corrected chi connectivity index (χ2v) is 3.58. The van der Waals surface area contributed by atoms with Crippen LogP contribution in [0.2, 0.25) is 0 Å². The fourth-order valence-corrected chi connectivity index (χ4v) is 1.33. The van der Waals surface area contributed by atoms with E-state index in [4.69, 9.17) is 5.11 Å². The average Bonchev–Trinajstić information content (AvgIpc) is 2.25. The number of hydrogen-bond donors (Lipinski definition) is 3. The second-order valence-electron chi connectivity index (χ2n) is 3.21. The first-order chi connectivity index (χ1) is 7.54. The minimum atomic E-state index is -1.11. The molecule has 0 radical (unpaired) electrons. The zero-order valence-electron chi connectivity index (χ0n) is 8.67. The number of carboxylic acid groups (broad SMARTS) is 1. The smallest absolute Gasteiger partial charge is 0.327 e. The Morgan fingerprint density at radius 3 is 2.75 bits per heavy atom. The summed E-state index contributed by atoms with van der Waals surface area (Å²) in [5, 5.41) is 11.1. The number of nitrogens with one attached hydrogen (secondary N) is 1. The van der Waals surface area contributed by atoms with Gasteiger partial charge in [0.05, 0.1) is 0 Å². The summed E-state index contributed by atoms with van der Waals surface area (Å²) in [6, 6.07) is 3.97. The summed E-state index contributed by atoms with van der Waals surface area (Å²) in [6.45, 7) is 1.75. The lowest BCUT2D eigenvalue weighted by atomic mass is 10.2. The summed E-state index contributed by atoms with van der Waals surface area (Å²) in [4.78, 5) is 26.3. The van der Waals surface area contributed by atoms with Gasteiger partial charge in [0.15, 0.2) is 0 Å². The number of amides is 1. The van der Waals surface area contributed by atoms with Crippen molar-refractivity contribution in [2.45, 2.75) is 13.0 Å². The standard InChI is InChI=1S/C10H12N2O3S/c1-6-3-2-4-7(11-6)9(13)12-8(5-16)10(14)15/h2-4,8,16H,5H2,1H3,(H,12,13)(H,14,15). The lowest BCUT2D eigenvalue weighted by molar-refractivity contribution is -0.138. The van der Waals surface area contributed by atoms with Gasteiger partial charge in [-0.05, 0) is 19.1 Å². The number of pyridine rings is 1. The molecule has 0 aliphatic rings. The molecule has 0 saturated heterocycles. The molecular formula is C10H12N2O3S. The third-order valence-corrected chi connectivity index (χ3v) is 2.27. The van der Waals surface area contributed by atoms with Crippen LogP contribution in [0.15, 0.2) is 18.2 Å². The Morgan fingerprint density at radius 1 is 1.56 bits per heavy atom. The number of rotatable bonds is 4. The maximum Gasteiger partial charge on any atom is 0.327 e. The molecule has 1 rings (SSSR count). The van der Waals surface area contributed by atoms with Gasteiger partial charge in [0.2, 0.25) is 0 Å². The van der Waals surface area contributed by atoms with E-state index in [-0.39, 0.29) is 11.4 Å². The number of hydrogen-bond acceptors (Lipinski definition) is 4. The number of carbonyl (C=O) groups is 2. The summed E-state index contributed by atoms with van der Waals surface area (Å²) in [7, 11) is 0. The minimum Gasteiger partial charge on any atom is -0.480 e. The summed E-state index contributed by atoms with van der Waals surface area (Å²) >= 11 is 3.85. The van der Waals surface area contributed by atoms with Crippen molar-refractivity contribution in [3.8, 4) is 0 Å². The molecular weight excluding hydrogens is 228 g/mol. The summed E-state index contributed by atoms with van der Waals surface area (Å²) in [6.07, 6.45) is 0. The van der Waals surface area contributed by atoms with E-state index in [1.807, 2.05) is 0 Å². The molecule has 1 aromatic heterocycles. The SMILES string of the molecule is Cc1cccc(C(=O)NC(CS)C(=O)O)n1. The van der Waals surface area contributed by atoms with Crippen molar-refractivity contribution < 1.29 is 14.7 Å². The number of aliphatic carboxylic acids is 1. The van der Waals surface area contributed by atoms with Gasteiger partial charge in [0.25, 0.3) is 5.91 Å². The highest BCUT2D eigenvalue weighted by Gasteiger charge is 2.19. The van der Waals surface area contributed by atoms with Crippen LogP contribution < -0.4 is 5.32 Å². The van der Waals surface area contributed by atoms with Crippen molar-refractivity contribution >= 4 is 24.5 Å². The number of aryl methyl sites for hydroxylation is 1. The summed E-state index contributed by atoms with van der Waals surface area (Å²) in [5.41, 5.74) is 0.901. The Labute approximate surface area is 98.3 Å². The molecule has 1 atom stereocenters. The van der Waals surface area contributed by atoms with Gasteiger partial charge >= 0.3 is 5.97 Å². The lowest BCUT2D eigenvalue weighted by Crippen LogP contribution is -2.42. The van der Waals surface area contributed by atoms with Crippen LogP contribution in [0, 0.1) is 6.92 Å². The maximum atomic E-state index is 11.6. The van der Waals surface area contributed by atoms with E-state index < -0.39 is 17.9 Å². The van der Waals surface area contributed by atoms with Gasteiger partial charge in [-0.25, -0.2) is 9.78 Å². The molecule has 2 N–H and O–H groups in total. The Hall–Kier alpha value is -1.56. The van der Waals surface area contributed by atoms with Crippen molar-refractivity contribution in [1.29, 1.82) is 0 Å². The van der Waals surface area contributed by atoms with Crippen LogP contribution in [0.25, 0.3) is 0 Å². The molecule has 6 heteroatoms. The first-order valence-electron chi connectivity index (χ1n) is 4.62. The highest BCUT2D eigenvalue weighted by molar-refractivity contribution is 7.80. The van der Waals surface area contributed by atoms with Gasteiger partial charge in [0.1, 0.15) is 11.7 Å². The predicted octanol–water partition coefficient (Wildman–Crippen LogP) is 0.503. The quantitative estimate of drug-likeness (QED) is 0.670. The van der Waals surface area contributed by atoms with Gasteiger partial charge < -0.3 is 10.4 Å². The number of aromatic nitrogens is 1. The second kappa shape index (κ2) is 5.50. The first kappa shape index (κ1) is 12.5. The van der Waals surface area contributed by atoms with Crippen LogP contribution in [-0.2, 0) is 4.79 Å². The molecule has 0 bridgehead atoms. The topological polar surface area (TPSA) is 79.3 Å². The molecule has 5 nitrogen and oxygen atoms in total. The van der Waals surface area contributed by atoms with Crippen LogP contribution in [0.5, 0.6) is 0 Å². The molecule has 0 aliphatic heterocycles. The van der Waals surface area contributed by atoms with Crippen LogP contribution in [-0.4, -0.2) is 33.8 Å². The number of carbonyl (C=O) groups excluding carboxylic acids is 1. The molecule has 0 saturated carbocycles. The average molecular weight is 240 g/mol. The van der Waals surface area contributed by atoms with E-state index in [2.05, 4.69) is 22.9 Å². The molecule has 16 heavy (non-hydrogen) atoms. The monoisotopic (exact) mass is 240 g/mol. The number of nitrogens with zero attached hydrogens (tertiary/aromatic N) is 1. The molecule has 0 aromatic carbocycles. The van der Waals surface area contributed by atoms with Crippen LogP contribution in [0.1, 0.15) is 16.2 Å². The third-order valence-electron chi connectivity index (χ3n) is 1.91. The van der Waals surface area contributed by atoms with E-state index in [0.29, 0.717) is 5.69 Å². The van der Waals surface area contributed by atoms with Gasteiger partial charge in [-0.3, -0.25) is 4.79 Å². The predicted molar refractivity (Wildman–Crippen MR) is 61.7 cm³/mol. The van der Waals surface area contributed by atoms with Crippen LogP contribution in [0.4, 0.5) is 0 Å². The molecule has 0 fully saturated rings. The fourth-order valence-electron chi connectivity index (χ4n) is 1.09. The first-order valence-corrected chi connectivity index (χ1v) is 5.26. The molecule has 1 heterocycles. The lowest BCUT2D eigenvalue weighted by Gasteiger charge is -2.11. The maximum absolute atomic E-state index is 11.6. The van der Waals surface area contributed by atoms with Gasteiger partial charge in [-0.1, -0.05) is 6.07 Å².